The lowest BCUT2D eigenvalue weighted by Gasteiger charge is -2.31. The summed E-state index contributed by atoms with van der Waals surface area (Å²) in [6, 6.07) is 8.06. The molecule has 1 aliphatic carbocycles. The largest absolute Gasteiger partial charge is 0.369 e. The van der Waals surface area contributed by atoms with Crippen molar-refractivity contribution in [3.63, 3.8) is 0 Å². The minimum atomic E-state index is -0.212. The maximum absolute atomic E-state index is 12.5. The van der Waals surface area contributed by atoms with Crippen molar-refractivity contribution in [1.82, 2.24) is 4.90 Å². The molecule has 3 N–H and O–H groups in total. The second-order valence-electron chi connectivity index (χ2n) is 7.90. The van der Waals surface area contributed by atoms with E-state index >= 15 is 0 Å². The quantitative estimate of drug-likeness (QED) is 0.863. The molecule has 1 aromatic rings. The van der Waals surface area contributed by atoms with Crippen LogP contribution in [0.1, 0.15) is 51.0 Å². The van der Waals surface area contributed by atoms with Gasteiger partial charge in [0.25, 0.3) is 0 Å². The first-order valence-electron chi connectivity index (χ1n) is 9.38. The van der Waals surface area contributed by atoms with Gasteiger partial charge in [0.1, 0.15) is 0 Å². The average molecular weight is 343 g/mol. The Morgan fingerprint density at radius 2 is 1.88 bits per heavy atom. The number of primary amides is 1. The monoisotopic (exact) mass is 343 g/mol. The zero-order valence-corrected chi connectivity index (χ0v) is 15.1. The van der Waals surface area contributed by atoms with Crippen LogP contribution in [0.2, 0.25) is 0 Å². The first kappa shape index (κ1) is 17.9. The average Bonchev–Trinajstić information content (AvgIpc) is 3.05. The zero-order chi connectivity index (χ0) is 17.9. The van der Waals surface area contributed by atoms with E-state index in [4.69, 9.17) is 5.73 Å². The van der Waals surface area contributed by atoms with Gasteiger partial charge in [-0.05, 0) is 49.9 Å². The molecule has 1 saturated heterocycles. The fraction of sp³-hybridized carbons (Fsp3) is 0.600. The molecule has 1 saturated carbocycles. The van der Waals surface area contributed by atoms with E-state index in [1.807, 2.05) is 12.1 Å². The first-order chi connectivity index (χ1) is 12.0. The van der Waals surface area contributed by atoms with E-state index in [0.29, 0.717) is 0 Å². The Morgan fingerprint density at radius 1 is 1.20 bits per heavy atom. The van der Waals surface area contributed by atoms with Crippen molar-refractivity contribution in [2.75, 3.05) is 18.4 Å². The number of rotatable bonds is 5. The van der Waals surface area contributed by atoms with Gasteiger partial charge in [-0.25, -0.2) is 0 Å². The number of piperidine rings is 1. The number of nitrogens with one attached hydrogen (secondary N) is 1. The van der Waals surface area contributed by atoms with Crippen LogP contribution < -0.4 is 11.1 Å². The molecule has 0 unspecified atom stereocenters. The maximum Gasteiger partial charge on any atom is 0.230 e. The topological polar surface area (TPSA) is 75.4 Å². The van der Waals surface area contributed by atoms with Crippen LogP contribution >= 0.6 is 0 Å². The summed E-state index contributed by atoms with van der Waals surface area (Å²) in [6.07, 6.45) is 6.16. The van der Waals surface area contributed by atoms with Gasteiger partial charge in [0.2, 0.25) is 11.8 Å². The number of carbonyl (C=O) groups excluding carboxylic acids is 2. The second kappa shape index (κ2) is 7.56. The summed E-state index contributed by atoms with van der Waals surface area (Å²) in [5.74, 6) is -0.0827. The normalized spacial score (nSPS) is 23.3. The SMILES string of the molecule is CC1(C(=O)Nc2ccc(CN3CCC[C@H](C(N)=O)C3)cc2)CCCC1. The fourth-order valence-electron chi connectivity index (χ4n) is 4.05. The van der Waals surface area contributed by atoms with Crippen LogP contribution in [-0.4, -0.2) is 29.8 Å². The van der Waals surface area contributed by atoms with Crippen molar-refractivity contribution in [3.8, 4) is 0 Å². The molecule has 3 rings (SSSR count). The van der Waals surface area contributed by atoms with Crippen molar-refractivity contribution in [3.05, 3.63) is 29.8 Å². The molecular formula is C20H29N3O2. The zero-order valence-electron chi connectivity index (χ0n) is 15.1. The van der Waals surface area contributed by atoms with Crippen LogP contribution in [0.4, 0.5) is 5.69 Å². The molecule has 25 heavy (non-hydrogen) atoms. The molecule has 2 amide bonds. The van der Waals surface area contributed by atoms with E-state index in [0.717, 1.165) is 63.8 Å². The number of anilines is 1. The number of likely N-dealkylation sites (tertiary alicyclic amines) is 1. The fourth-order valence-corrected chi connectivity index (χ4v) is 4.05. The number of hydrogen-bond acceptors (Lipinski definition) is 3. The van der Waals surface area contributed by atoms with Crippen molar-refractivity contribution < 1.29 is 9.59 Å². The highest BCUT2D eigenvalue weighted by atomic mass is 16.2. The van der Waals surface area contributed by atoms with Gasteiger partial charge in [-0.2, -0.15) is 0 Å². The minimum Gasteiger partial charge on any atom is -0.369 e. The van der Waals surface area contributed by atoms with Gasteiger partial charge in [0, 0.05) is 24.2 Å². The lowest BCUT2D eigenvalue weighted by molar-refractivity contribution is -0.124. The van der Waals surface area contributed by atoms with Crippen molar-refractivity contribution in [2.45, 2.75) is 52.0 Å². The van der Waals surface area contributed by atoms with Gasteiger partial charge in [-0.15, -0.1) is 0 Å². The maximum atomic E-state index is 12.5. The molecule has 0 bridgehead atoms. The molecule has 0 aromatic heterocycles. The number of benzene rings is 1. The summed E-state index contributed by atoms with van der Waals surface area (Å²) in [5.41, 5.74) is 7.28. The van der Waals surface area contributed by atoms with Crippen LogP contribution in [0.25, 0.3) is 0 Å². The molecule has 0 spiro atoms. The highest BCUT2D eigenvalue weighted by molar-refractivity contribution is 5.95. The Labute approximate surface area is 150 Å². The predicted molar refractivity (Wildman–Crippen MR) is 98.8 cm³/mol. The number of carbonyl (C=O) groups is 2. The molecule has 1 aromatic carbocycles. The Bertz CT molecular complexity index is 620. The van der Waals surface area contributed by atoms with E-state index in [-0.39, 0.29) is 23.1 Å². The summed E-state index contributed by atoms with van der Waals surface area (Å²) in [7, 11) is 0. The predicted octanol–water partition coefficient (Wildman–Crippen LogP) is 2.90. The van der Waals surface area contributed by atoms with E-state index in [9.17, 15) is 9.59 Å². The highest BCUT2D eigenvalue weighted by Crippen LogP contribution is 2.38. The first-order valence-corrected chi connectivity index (χ1v) is 9.38. The van der Waals surface area contributed by atoms with Crippen LogP contribution in [-0.2, 0) is 16.1 Å². The Morgan fingerprint density at radius 3 is 2.52 bits per heavy atom. The molecule has 1 aliphatic heterocycles. The van der Waals surface area contributed by atoms with Gasteiger partial charge in [-0.1, -0.05) is 31.9 Å². The van der Waals surface area contributed by atoms with E-state index in [1.165, 1.54) is 5.56 Å². The molecular weight excluding hydrogens is 314 g/mol. The standard InChI is InChI=1S/C20H29N3O2/c1-20(10-2-3-11-20)19(25)22-17-8-6-15(7-9-17)13-23-12-4-5-16(14-23)18(21)24/h6-9,16H,2-5,10-14H2,1H3,(H2,21,24)(H,22,25)/t16-/m0/s1. The molecule has 136 valence electrons. The third-order valence-corrected chi connectivity index (χ3v) is 5.78. The second-order valence-corrected chi connectivity index (χ2v) is 7.90. The summed E-state index contributed by atoms with van der Waals surface area (Å²) < 4.78 is 0. The van der Waals surface area contributed by atoms with Crippen LogP contribution in [0.5, 0.6) is 0 Å². The highest BCUT2D eigenvalue weighted by Gasteiger charge is 2.36. The van der Waals surface area contributed by atoms with Gasteiger partial charge < -0.3 is 11.1 Å². The smallest absolute Gasteiger partial charge is 0.230 e. The van der Waals surface area contributed by atoms with Crippen molar-refractivity contribution >= 4 is 17.5 Å². The van der Waals surface area contributed by atoms with Crippen molar-refractivity contribution in [1.29, 1.82) is 0 Å². The van der Waals surface area contributed by atoms with Crippen LogP contribution in [0.3, 0.4) is 0 Å². The lowest BCUT2D eigenvalue weighted by Crippen LogP contribution is -2.40. The lowest BCUT2D eigenvalue weighted by atomic mass is 9.88. The van der Waals surface area contributed by atoms with E-state index < -0.39 is 0 Å². The summed E-state index contributed by atoms with van der Waals surface area (Å²) in [4.78, 5) is 26.1. The number of hydrogen-bond donors (Lipinski definition) is 2. The number of amides is 2. The van der Waals surface area contributed by atoms with Crippen LogP contribution in [0.15, 0.2) is 24.3 Å². The molecule has 2 fully saturated rings. The van der Waals surface area contributed by atoms with Gasteiger partial charge in [0.05, 0.1) is 5.92 Å². The van der Waals surface area contributed by atoms with Gasteiger partial charge >= 0.3 is 0 Å². The summed E-state index contributed by atoms with van der Waals surface area (Å²) >= 11 is 0. The third-order valence-electron chi connectivity index (χ3n) is 5.78. The molecule has 0 radical (unpaired) electrons. The Hall–Kier alpha value is -1.88. The van der Waals surface area contributed by atoms with Crippen molar-refractivity contribution in [2.24, 2.45) is 17.1 Å². The van der Waals surface area contributed by atoms with E-state index in [1.54, 1.807) is 0 Å². The van der Waals surface area contributed by atoms with E-state index in [2.05, 4.69) is 29.3 Å². The Balaban J connectivity index is 1.55. The molecule has 1 atom stereocenters. The third kappa shape index (κ3) is 4.40. The minimum absolute atomic E-state index is 0.0283. The molecule has 1 heterocycles. The Kier molecular flexibility index (Phi) is 5.42. The summed E-state index contributed by atoms with van der Waals surface area (Å²) in [5, 5.41) is 3.06. The van der Waals surface area contributed by atoms with Gasteiger partial charge in [0.15, 0.2) is 0 Å². The van der Waals surface area contributed by atoms with Gasteiger partial charge in [-0.3, -0.25) is 14.5 Å². The van der Waals surface area contributed by atoms with Crippen LogP contribution in [0, 0.1) is 11.3 Å². The number of nitrogens with zero attached hydrogens (tertiary/aromatic N) is 1. The molecule has 5 heteroatoms. The number of nitrogens with two attached hydrogens (primary N) is 1. The molecule has 2 aliphatic rings. The summed E-state index contributed by atoms with van der Waals surface area (Å²) in [6.45, 7) is 4.62. The molecule has 5 nitrogen and oxygen atoms in total.